The van der Waals surface area contributed by atoms with Gasteiger partial charge in [0.15, 0.2) is 5.03 Å². The van der Waals surface area contributed by atoms with Crippen LogP contribution in [0.1, 0.15) is 11.1 Å². The number of nitrogen functional groups attached to an aromatic ring is 1. The number of fused-ring (bicyclic) bond motifs is 2. The Morgan fingerprint density at radius 1 is 0.569 bits per heavy atom. The van der Waals surface area contributed by atoms with Gasteiger partial charge in [-0.25, -0.2) is 15.0 Å². The van der Waals surface area contributed by atoms with Crippen molar-refractivity contribution in [3.8, 4) is 22.5 Å². The van der Waals surface area contributed by atoms with Crippen LogP contribution in [0.5, 0.6) is 0 Å². The number of nitrogens with two attached hydrogens (primary N) is 1. The number of rotatable bonds is 5. The van der Waals surface area contributed by atoms with Gasteiger partial charge in [0.25, 0.3) is 10.0 Å². The van der Waals surface area contributed by atoms with Crippen LogP contribution in [0, 0.1) is 0 Å². The van der Waals surface area contributed by atoms with Gasteiger partial charge in [-0.2, -0.15) is 34.8 Å². The first-order valence-corrected chi connectivity index (χ1v) is 16.5. The fourth-order valence-corrected chi connectivity index (χ4v) is 6.15. The molecule has 3 aromatic heterocycles. The molecular formula is C37H25F6N5O2S. The lowest BCUT2D eigenvalue weighted by Gasteiger charge is -2.12. The van der Waals surface area contributed by atoms with E-state index in [4.69, 9.17) is 5.73 Å². The number of nitrogens with zero attached hydrogens (tertiary/aromatic N) is 3. The highest BCUT2D eigenvalue weighted by Gasteiger charge is 2.31. The van der Waals surface area contributed by atoms with Crippen LogP contribution >= 0.6 is 0 Å². The van der Waals surface area contributed by atoms with E-state index in [9.17, 15) is 34.8 Å². The number of nitrogens with one attached hydrogen (secondary N) is 1. The van der Waals surface area contributed by atoms with Crippen molar-refractivity contribution in [1.29, 1.82) is 0 Å². The molecule has 0 saturated heterocycles. The normalized spacial score (nSPS) is 12.0. The number of halogens is 6. The molecule has 0 saturated carbocycles. The number of benzene rings is 4. The van der Waals surface area contributed by atoms with Crippen molar-refractivity contribution in [2.24, 2.45) is 0 Å². The van der Waals surface area contributed by atoms with E-state index in [1.807, 2.05) is 12.1 Å². The Hall–Kier alpha value is -6.02. The SMILES string of the molecule is Nc1cccc2ccc(-c3cccc(C(F)(F)F)c3)nc12.O=S(=O)(Nc1cccc2ccc(-c3cccc(C(F)(F)F)c3)nc12)c1ccccn1. The van der Waals surface area contributed by atoms with E-state index < -0.39 is 33.5 Å². The van der Waals surface area contributed by atoms with Gasteiger partial charge < -0.3 is 5.73 Å². The molecule has 3 heterocycles. The van der Waals surface area contributed by atoms with Crippen LogP contribution in [0.3, 0.4) is 0 Å². The zero-order valence-electron chi connectivity index (χ0n) is 26.1. The first-order valence-electron chi connectivity index (χ1n) is 15.0. The third kappa shape index (κ3) is 7.91. The Balaban J connectivity index is 0.000000187. The van der Waals surface area contributed by atoms with E-state index in [0.29, 0.717) is 33.4 Å². The molecular weight excluding hydrogens is 692 g/mol. The van der Waals surface area contributed by atoms with Crippen molar-refractivity contribution in [3.05, 3.63) is 145 Å². The summed E-state index contributed by atoms with van der Waals surface area (Å²) in [4.78, 5) is 12.7. The van der Waals surface area contributed by atoms with E-state index >= 15 is 0 Å². The smallest absolute Gasteiger partial charge is 0.397 e. The lowest BCUT2D eigenvalue weighted by Crippen LogP contribution is -2.14. The second kappa shape index (κ2) is 13.7. The zero-order valence-corrected chi connectivity index (χ0v) is 26.9. The maximum absolute atomic E-state index is 13.0. The molecule has 4 aromatic carbocycles. The number of aromatic nitrogens is 3. The van der Waals surface area contributed by atoms with Gasteiger partial charge >= 0.3 is 12.4 Å². The summed E-state index contributed by atoms with van der Waals surface area (Å²) in [7, 11) is -3.96. The van der Waals surface area contributed by atoms with Gasteiger partial charge in [-0.1, -0.05) is 66.7 Å². The monoisotopic (exact) mass is 717 g/mol. The number of alkyl halides is 6. The lowest BCUT2D eigenvalue weighted by molar-refractivity contribution is -0.138. The van der Waals surface area contributed by atoms with Gasteiger partial charge in [0.2, 0.25) is 0 Å². The van der Waals surface area contributed by atoms with Crippen LogP contribution in [0.15, 0.2) is 139 Å². The third-order valence-corrected chi connectivity index (χ3v) is 8.88. The molecule has 7 aromatic rings. The highest BCUT2D eigenvalue weighted by atomic mass is 32.2. The molecule has 0 radical (unpaired) electrons. The summed E-state index contributed by atoms with van der Waals surface area (Å²) in [5.74, 6) is 0. The number of anilines is 2. The molecule has 0 amide bonds. The van der Waals surface area contributed by atoms with Crippen molar-refractivity contribution >= 4 is 43.2 Å². The number of para-hydroxylation sites is 2. The van der Waals surface area contributed by atoms with E-state index in [1.54, 1.807) is 60.7 Å². The summed E-state index contributed by atoms with van der Waals surface area (Å²) in [5, 5.41) is 1.33. The average Bonchev–Trinajstić information content (AvgIpc) is 3.12. The fourth-order valence-electron chi connectivity index (χ4n) is 5.13. The number of hydrogen-bond donors (Lipinski definition) is 2. The molecule has 0 unspecified atom stereocenters. The summed E-state index contributed by atoms with van der Waals surface area (Å²) in [6.07, 6.45) is -7.48. The minimum Gasteiger partial charge on any atom is -0.397 e. The van der Waals surface area contributed by atoms with E-state index in [-0.39, 0.29) is 22.0 Å². The van der Waals surface area contributed by atoms with Gasteiger partial charge in [0.05, 0.1) is 44.9 Å². The molecule has 0 aliphatic carbocycles. The molecule has 0 bridgehead atoms. The van der Waals surface area contributed by atoms with Crippen LogP contribution in [0.4, 0.5) is 37.7 Å². The van der Waals surface area contributed by atoms with Crippen LogP contribution in [0.2, 0.25) is 0 Å². The molecule has 7 rings (SSSR count). The van der Waals surface area contributed by atoms with Crippen molar-refractivity contribution in [2.75, 3.05) is 10.5 Å². The summed E-state index contributed by atoms with van der Waals surface area (Å²) >= 11 is 0. The van der Waals surface area contributed by atoms with Gasteiger partial charge in [-0.15, -0.1) is 0 Å². The van der Waals surface area contributed by atoms with Crippen LogP contribution in [-0.4, -0.2) is 23.4 Å². The minimum absolute atomic E-state index is 0.156. The summed E-state index contributed by atoms with van der Waals surface area (Å²) in [6, 6.07) is 31.5. The van der Waals surface area contributed by atoms with Gasteiger partial charge in [0, 0.05) is 28.1 Å². The van der Waals surface area contributed by atoms with Crippen molar-refractivity contribution in [1.82, 2.24) is 15.0 Å². The molecule has 258 valence electrons. The fraction of sp³-hybridized carbons (Fsp3) is 0.0541. The first-order chi connectivity index (χ1) is 24.2. The Bertz CT molecular complexity index is 2470. The Kier molecular flexibility index (Phi) is 9.36. The van der Waals surface area contributed by atoms with Crippen LogP contribution in [0.25, 0.3) is 44.3 Å². The first kappa shape index (κ1) is 34.8. The second-order valence-electron chi connectivity index (χ2n) is 11.1. The predicted octanol–water partition coefficient (Wildman–Crippen LogP) is 9.62. The average molecular weight is 718 g/mol. The summed E-state index contributed by atoms with van der Waals surface area (Å²) < 4.78 is 105. The van der Waals surface area contributed by atoms with Crippen LogP contribution in [-0.2, 0) is 22.4 Å². The Morgan fingerprint density at radius 2 is 1.10 bits per heavy atom. The van der Waals surface area contributed by atoms with E-state index in [0.717, 1.165) is 29.7 Å². The number of hydrogen-bond acceptors (Lipinski definition) is 6. The largest absolute Gasteiger partial charge is 0.416 e. The molecule has 0 atom stereocenters. The van der Waals surface area contributed by atoms with Crippen molar-refractivity contribution in [2.45, 2.75) is 17.4 Å². The maximum Gasteiger partial charge on any atom is 0.416 e. The molecule has 0 spiro atoms. The maximum atomic E-state index is 13.0. The second-order valence-corrected chi connectivity index (χ2v) is 12.7. The molecule has 0 fully saturated rings. The topological polar surface area (TPSA) is 111 Å². The number of pyridine rings is 3. The third-order valence-electron chi connectivity index (χ3n) is 7.60. The highest BCUT2D eigenvalue weighted by molar-refractivity contribution is 7.92. The van der Waals surface area contributed by atoms with Gasteiger partial charge in [0.1, 0.15) is 0 Å². The van der Waals surface area contributed by atoms with E-state index in [2.05, 4.69) is 19.7 Å². The lowest BCUT2D eigenvalue weighted by atomic mass is 10.1. The molecule has 0 aliphatic heterocycles. The van der Waals surface area contributed by atoms with Crippen LogP contribution < -0.4 is 10.5 Å². The van der Waals surface area contributed by atoms with Crippen molar-refractivity contribution < 1.29 is 34.8 Å². The van der Waals surface area contributed by atoms with Gasteiger partial charge in [-0.05, 0) is 60.7 Å². The Morgan fingerprint density at radius 3 is 1.65 bits per heavy atom. The highest BCUT2D eigenvalue weighted by Crippen LogP contribution is 2.34. The molecule has 3 N–H and O–H groups in total. The number of sulfonamides is 1. The summed E-state index contributed by atoms with van der Waals surface area (Å²) in [6.45, 7) is 0. The minimum atomic E-state index is -4.48. The molecule has 0 aliphatic rings. The quantitative estimate of drug-likeness (QED) is 0.136. The zero-order chi connectivity index (χ0) is 36.4. The summed E-state index contributed by atoms with van der Waals surface area (Å²) in [5.41, 5.74) is 7.42. The molecule has 14 heteroatoms. The van der Waals surface area contributed by atoms with Crippen molar-refractivity contribution in [3.63, 3.8) is 0 Å². The molecule has 7 nitrogen and oxygen atoms in total. The predicted molar refractivity (Wildman–Crippen MR) is 184 cm³/mol. The van der Waals surface area contributed by atoms with E-state index in [1.165, 1.54) is 36.5 Å². The molecule has 51 heavy (non-hydrogen) atoms. The van der Waals surface area contributed by atoms with Gasteiger partial charge in [-0.3, -0.25) is 4.72 Å². The Labute approximate surface area is 287 Å². The standard InChI is InChI=1S/C21H14F3N3O2S.C16H11F3N2/c22-21(23,24)16-7-3-6-15(13-16)17-11-10-14-5-4-8-18(20(14)26-17)27-30(28,29)19-9-1-2-12-25-19;17-16(18,19)12-5-1-4-11(9-12)14-8-7-10-3-2-6-13(20)15(10)21-14/h1-13,27H;1-9H,20H2.